The van der Waals surface area contributed by atoms with Gasteiger partial charge in [-0.15, -0.1) is 0 Å². The summed E-state index contributed by atoms with van der Waals surface area (Å²) in [4.78, 5) is 2.66. The Morgan fingerprint density at radius 1 is 1.20 bits per heavy atom. The molecule has 10 heavy (non-hydrogen) atoms. The van der Waals surface area contributed by atoms with Crippen LogP contribution in [-0.4, -0.2) is 23.5 Å². The Hall–Kier alpha value is -0.0400. The van der Waals surface area contributed by atoms with Gasteiger partial charge in [0.1, 0.15) is 0 Å². The van der Waals surface area contributed by atoms with Crippen LogP contribution in [0.15, 0.2) is 0 Å². The number of nitrogens with zero attached hydrogens (tertiary/aromatic N) is 1. The van der Waals surface area contributed by atoms with Crippen LogP contribution in [0.4, 0.5) is 0 Å². The summed E-state index contributed by atoms with van der Waals surface area (Å²) >= 11 is 0. The van der Waals surface area contributed by atoms with Gasteiger partial charge in [0.05, 0.1) is 0 Å². The van der Waals surface area contributed by atoms with Gasteiger partial charge in [-0.2, -0.15) is 0 Å². The summed E-state index contributed by atoms with van der Waals surface area (Å²) in [5.41, 5.74) is 0.633. The normalized spacial score (nSPS) is 32.1. The predicted octanol–water partition coefficient (Wildman–Crippen LogP) is 1.84. The summed E-state index contributed by atoms with van der Waals surface area (Å²) in [7, 11) is 0. The van der Waals surface area contributed by atoms with Crippen LogP contribution >= 0.6 is 0 Å². The van der Waals surface area contributed by atoms with Crippen LogP contribution in [0.3, 0.4) is 0 Å². The second-order valence-corrected chi connectivity index (χ2v) is 3.85. The standard InChI is InChI=1S/C9H16N/c1-9(5-6-9)10-7-3-2-4-8-10/h2H,3-8H2,1H3. The molecule has 0 amide bonds. The van der Waals surface area contributed by atoms with Crippen molar-refractivity contribution in [3.05, 3.63) is 6.42 Å². The molecule has 0 unspecified atom stereocenters. The fourth-order valence-corrected chi connectivity index (χ4v) is 1.79. The van der Waals surface area contributed by atoms with Crippen molar-refractivity contribution in [2.24, 2.45) is 0 Å². The van der Waals surface area contributed by atoms with Gasteiger partial charge in [-0.1, -0.05) is 0 Å². The zero-order valence-corrected chi connectivity index (χ0v) is 6.77. The Kier molecular flexibility index (Phi) is 1.48. The van der Waals surface area contributed by atoms with Crippen molar-refractivity contribution in [3.63, 3.8) is 0 Å². The number of likely N-dealkylation sites (tertiary alicyclic amines) is 1. The van der Waals surface area contributed by atoms with Gasteiger partial charge in [0, 0.05) is 5.54 Å². The van der Waals surface area contributed by atoms with E-state index in [9.17, 15) is 0 Å². The molecule has 57 valence electrons. The molecule has 1 saturated heterocycles. The first-order chi connectivity index (χ1) is 4.81. The van der Waals surface area contributed by atoms with Crippen LogP contribution in [0.1, 0.15) is 32.6 Å². The fraction of sp³-hybridized carbons (Fsp3) is 0.889. The lowest BCUT2D eigenvalue weighted by Gasteiger charge is -2.32. The van der Waals surface area contributed by atoms with E-state index in [0.717, 1.165) is 0 Å². The molecule has 1 heterocycles. The topological polar surface area (TPSA) is 3.24 Å². The molecule has 1 aliphatic carbocycles. The van der Waals surface area contributed by atoms with E-state index in [2.05, 4.69) is 18.2 Å². The molecule has 1 saturated carbocycles. The molecule has 1 radical (unpaired) electrons. The van der Waals surface area contributed by atoms with E-state index in [1.54, 1.807) is 0 Å². The third kappa shape index (κ3) is 1.07. The van der Waals surface area contributed by atoms with E-state index in [1.165, 1.54) is 38.8 Å². The van der Waals surface area contributed by atoms with Crippen LogP contribution in [0.2, 0.25) is 0 Å². The van der Waals surface area contributed by atoms with Crippen LogP contribution in [0.5, 0.6) is 0 Å². The summed E-state index contributed by atoms with van der Waals surface area (Å²) in [6, 6.07) is 0. The van der Waals surface area contributed by atoms with Gasteiger partial charge in [0.25, 0.3) is 0 Å². The highest BCUT2D eigenvalue weighted by molar-refractivity contribution is 5.01. The molecule has 0 N–H and O–H groups in total. The smallest absolute Gasteiger partial charge is 0.0182 e. The number of hydrogen-bond acceptors (Lipinski definition) is 1. The first-order valence-corrected chi connectivity index (χ1v) is 4.38. The first kappa shape index (κ1) is 6.66. The van der Waals surface area contributed by atoms with Crippen molar-refractivity contribution >= 4 is 0 Å². The van der Waals surface area contributed by atoms with Crippen LogP contribution in [0, 0.1) is 6.42 Å². The minimum atomic E-state index is 0.633. The van der Waals surface area contributed by atoms with Gasteiger partial charge in [0.15, 0.2) is 0 Å². The average molecular weight is 138 g/mol. The quantitative estimate of drug-likeness (QED) is 0.534. The lowest BCUT2D eigenvalue weighted by Crippen LogP contribution is -2.39. The highest BCUT2D eigenvalue weighted by atomic mass is 15.2. The largest absolute Gasteiger partial charge is 0.298 e. The van der Waals surface area contributed by atoms with Crippen molar-refractivity contribution < 1.29 is 0 Å². The zero-order chi connectivity index (χ0) is 7.03. The summed E-state index contributed by atoms with van der Waals surface area (Å²) < 4.78 is 0. The molecule has 0 spiro atoms. The summed E-state index contributed by atoms with van der Waals surface area (Å²) in [6.45, 7) is 5.03. The monoisotopic (exact) mass is 138 g/mol. The lowest BCUT2D eigenvalue weighted by molar-refractivity contribution is 0.176. The number of hydrogen-bond donors (Lipinski definition) is 0. The van der Waals surface area contributed by atoms with Gasteiger partial charge in [-0.25, -0.2) is 0 Å². The highest BCUT2D eigenvalue weighted by Crippen LogP contribution is 2.41. The third-order valence-electron chi connectivity index (χ3n) is 2.94. The molecule has 2 rings (SSSR count). The molecule has 2 aliphatic rings. The number of piperidine rings is 1. The second-order valence-electron chi connectivity index (χ2n) is 3.85. The maximum atomic E-state index is 2.66. The third-order valence-corrected chi connectivity index (χ3v) is 2.94. The Bertz CT molecular complexity index is 121. The molecule has 1 heteroatoms. The molecule has 1 nitrogen and oxygen atoms in total. The maximum absolute atomic E-state index is 2.66. The molecular weight excluding hydrogens is 122 g/mol. The van der Waals surface area contributed by atoms with E-state index in [0.29, 0.717) is 5.54 Å². The summed E-state index contributed by atoms with van der Waals surface area (Å²) in [5, 5.41) is 0. The van der Waals surface area contributed by atoms with Crippen LogP contribution in [-0.2, 0) is 0 Å². The molecule has 1 aliphatic heterocycles. The van der Waals surface area contributed by atoms with E-state index < -0.39 is 0 Å². The van der Waals surface area contributed by atoms with Gasteiger partial charge in [-0.3, -0.25) is 4.90 Å². The second kappa shape index (κ2) is 2.23. The van der Waals surface area contributed by atoms with E-state index in [4.69, 9.17) is 0 Å². The van der Waals surface area contributed by atoms with Crippen molar-refractivity contribution in [3.8, 4) is 0 Å². The van der Waals surface area contributed by atoms with E-state index >= 15 is 0 Å². The highest BCUT2D eigenvalue weighted by Gasteiger charge is 2.42. The lowest BCUT2D eigenvalue weighted by atomic mass is 10.1. The molecule has 0 atom stereocenters. The minimum Gasteiger partial charge on any atom is -0.298 e. The molecule has 0 aromatic rings. The SMILES string of the molecule is CC1(N2CC[CH]CC2)CC1. The molecular formula is C9H16N. The Labute approximate surface area is 63.4 Å². The summed E-state index contributed by atoms with van der Waals surface area (Å²) in [6.07, 6.45) is 7.92. The van der Waals surface area contributed by atoms with Crippen molar-refractivity contribution in [2.75, 3.05) is 13.1 Å². The molecule has 0 bridgehead atoms. The van der Waals surface area contributed by atoms with E-state index in [-0.39, 0.29) is 0 Å². The van der Waals surface area contributed by atoms with Crippen LogP contribution < -0.4 is 0 Å². The number of rotatable bonds is 1. The summed E-state index contributed by atoms with van der Waals surface area (Å²) in [5.74, 6) is 0. The first-order valence-electron chi connectivity index (χ1n) is 4.38. The average Bonchev–Trinajstić information content (AvgIpc) is 2.72. The van der Waals surface area contributed by atoms with Crippen molar-refractivity contribution in [1.29, 1.82) is 0 Å². The van der Waals surface area contributed by atoms with Gasteiger partial charge in [0.2, 0.25) is 0 Å². The molecule has 0 aromatic heterocycles. The van der Waals surface area contributed by atoms with Crippen molar-refractivity contribution in [1.82, 2.24) is 4.90 Å². The molecule has 0 aromatic carbocycles. The Morgan fingerprint density at radius 3 is 2.30 bits per heavy atom. The Balaban J connectivity index is 1.91. The Morgan fingerprint density at radius 2 is 1.80 bits per heavy atom. The zero-order valence-electron chi connectivity index (χ0n) is 6.77. The van der Waals surface area contributed by atoms with Gasteiger partial charge < -0.3 is 0 Å². The predicted molar refractivity (Wildman–Crippen MR) is 42.7 cm³/mol. The van der Waals surface area contributed by atoms with Crippen molar-refractivity contribution in [2.45, 2.75) is 38.1 Å². The molecule has 2 fully saturated rings. The maximum Gasteiger partial charge on any atom is 0.0182 e. The van der Waals surface area contributed by atoms with Crippen LogP contribution in [0.25, 0.3) is 0 Å². The van der Waals surface area contributed by atoms with Gasteiger partial charge in [-0.05, 0) is 52.1 Å². The minimum absolute atomic E-state index is 0.633. The van der Waals surface area contributed by atoms with E-state index in [1.807, 2.05) is 0 Å². The van der Waals surface area contributed by atoms with Gasteiger partial charge >= 0.3 is 0 Å². The fourth-order valence-electron chi connectivity index (χ4n) is 1.79.